The van der Waals surface area contributed by atoms with Gasteiger partial charge in [0.25, 0.3) is 5.91 Å². The van der Waals surface area contributed by atoms with Crippen LogP contribution in [0.3, 0.4) is 0 Å². The Hall–Kier alpha value is -3.15. The van der Waals surface area contributed by atoms with Crippen LogP contribution in [-0.2, 0) is 0 Å². The molecule has 23 heavy (non-hydrogen) atoms. The van der Waals surface area contributed by atoms with Crippen molar-refractivity contribution in [1.29, 1.82) is 0 Å². The van der Waals surface area contributed by atoms with Gasteiger partial charge in [-0.05, 0) is 30.7 Å². The van der Waals surface area contributed by atoms with Crippen molar-refractivity contribution in [2.24, 2.45) is 0 Å². The number of pyridine rings is 1. The Kier molecular flexibility index (Phi) is 4.33. The van der Waals surface area contributed by atoms with E-state index in [0.717, 1.165) is 11.3 Å². The van der Waals surface area contributed by atoms with Gasteiger partial charge in [0, 0.05) is 18.5 Å². The quantitative estimate of drug-likeness (QED) is 0.759. The van der Waals surface area contributed by atoms with Gasteiger partial charge >= 0.3 is 0 Å². The Morgan fingerprint density at radius 1 is 1.17 bits per heavy atom. The van der Waals surface area contributed by atoms with Gasteiger partial charge in [-0.25, -0.2) is 4.98 Å². The Morgan fingerprint density at radius 2 is 2.00 bits per heavy atom. The third-order valence-corrected chi connectivity index (χ3v) is 3.31. The number of ether oxygens (including phenoxy) is 1. The van der Waals surface area contributed by atoms with Gasteiger partial charge in [0.15, 0.2) is 0 Å². The molecule has 2 heterocycles. The summed E-state index contributed by atoms with van der Waals surface area (Å²) in [5.41, 5.74) is 1.24. The fraction of sp³-hybridized carbons (Fsp3) is 0.118. The third kappa shape index (κ3) is 3.74. The van der Waals surface area contributed by atoms with Crippen LogP contribution in [0, 0.1) is 0 Å². The van der Waals surface area contributed by atoms with Crippen LogP contribution in [0.25, 0.3) is 0 Å². The van der Waals surface area contributed by atoms with Crippen LogP contribution >= 0.6 is 0 Å². The van der Waals surface area contributed by atoms with E-state index >= 15 is 0 Å². The zero-order valence-electron chi connectivity index (χ0n) is 12.6. The Morgan fingerprint density at radius 3 is 2.65 bits per heavy atom. The number of nitrogens with zero attached hydrogens (tertiary/aromatic N) is 2. The summed E-state index contributed by atoms with van der Waals surface area (Å²) in [5.74, 6) is 1.00. The minimum Gasteiger partial charge on any atom is -0.439 e. The lowest BCUT2D eigenvalue weighted by atomic mass is 10.1. The highest BCUT2D eigenvalue weighted by molar-refractivity contribution is 5.92. The Balaban J connectivity index is 1.63. The van der Waals surface area contributed by atoms with Crippen LogP contribution in [0.2, 0.25) is 0 Å². The Bertz CT molecular complexity index is 755. The highest BCUT2D eigenvalue weighted by atomic mass is 16.5. The summed E-state index contributed by atoms with van der Waals surface area (Å²) >= 11 is 0. The van der Waals surface area contributed by atoms with E-state index in [2.05, 4.69) is 20.5 Å². The molecular weight excluding hydrogens is 292 g/mol. The molecule has 0 aliphatic heterocycles. The number of carbonyl (C=O) groups is 1. The number of aromatic amines is 1. The topological polar surface area (TPSA) is 79.9 Å². The predicted molar refractivity (Wildman–Crippen MR) is 85.2 cm³/mol. The molecular formula is C17H16N4O2. The number of H-pyrrole nitrogens is 1. The van der Waals surface area contributed by atoms with E-state index in [1.165, 1.54) is 0 Å². The molecule has 0 bridgehead atoms. The predicted octanol–water partition coefficient (Wildman–Crippen LogP) is 3.09. The summed E-state index contributed by atoms with van der Waals surface area (Å²) in [6, 6.07) is 14.5. The van der Waals surface area contributed by atoms with Gasteiger partial charge in [-0.1, -0.05) is 24.3 Å². The van der Waals surface area contributed by atoms with E-state index in [9.17, 15) is 4.79 Å². The fourth-order valence-corrected chi connectivity index (χ4v) is 2.06. The summed E-state index contributed by atoms with van der Waals surface area (Å²) in [4.78, 5) is 16.2. The van der Waals surface area contributed by atoms with Crippen molar-refractivity contribution in [1.82, 2.24) is 20.5 Å². The lowest BCUT2D eigenvalue weighted by Gasteiger charge is -2.13. The summed E-state index contributed by atoms with van der Waals surface area (Å²) in [6.45, 7) is 1.89. The first-order chi connectivity index (χ1) is 11.2. The van der Waals surface area contributed by atoms with E-state index in [1.54, 1.807) is 24.5 Å². The van der Waals surface area contributed by atoms with Gasteiger partial charge in [0.05, 0.1) is 6.04 Å². The number of carbonyl (C=O) groups excluding carboxylic acids is 1. The molecule has 1 amide bonds. The monoisotopic (exact) mass is 308 g/mol. The minimum atomic E-state index is -0.233. The number of rotatable bonds is 5. The molecule has 2 N–H and O–H groups in total. The number of benzene rings is 1. The number of amides is 1. The molecule has 0 aliphatic rings. The van der Waals surface area contributed by atoms with Gasteiger partial charge in [-0.3, -0.25) is 9.89 Å². The van der Waals surface area contributed by atoms with Crippen LogP contribution in [-0.4, -0.2) is 21.1 Å². The van der Waals surface area contributed by atoms with E-state index in [-0.39, 0.29) is 11.9 Å². The number of hydrogen-bond donors (Lipinski definition) is 2. The molecule has 3 rings (SSSR count). The van der Waals surface area contributed by atoms with Gasteiger partial charge in [-0.2, -0.15) is 5.10 Å². The zero-order valence-corrected chi connectivity index (χ0v) is 12.6. The fourth-order valence-electron chi connectivity index (χ4n) is 2.06. The second kappa shape index (κ2) is 6.74. The van der Waals surface area contributed by atoms with Gasteiger partial charge in [-0.15, -0.1) is 0 Å². The van der Waals surface area contributed by atoms with Gasteiger partial charge in [0.2, 0.25) is 5.88 Å². The highest BCUT2D eigenvalue weighted by Gasteiger charge is 2.13. The molecule has 0 saturated carbocycles. The maximum atomic E-state index is 12.0. The second-order valence-corrected chi connectivity index (χ2v) is 5.00. The first-order valence-corrected chi connectivity index (χ1v) is 7.22. The number of hydrogen-bond acceptors (Lipinski definition) is 4. The number of nitrogens with one attached hydrogen (secondary N) is 2. The Labute approximate surface area is 133 Å². The first-order valence-electron chi connectivity index (χ1n) is 7.22. The van der Waals surface area contributed by atoms with Crippen LogP contribution < -0.4 is 10.1 Å². The number of aromatic nitrogens is 3. The van der Waals surface area contributed by atoms with Crippen molar-refractivity contribution in [2.45, 2.75) is 13.0 Å². The summed E-state index contributed by atoms with van der Waals surface area (Å²) in [5, 5.41) is 9.33. The molecule has 2 aromatic heterocycles. The second-order valence-electron chi connectivity index (χ2n) is 5.00. The van der Waals surface area contributed by atoms with Crippen molar-refractivity contribution >= 4 is 5.91 Å². The normalized spacial score (nSPS) is 11.7. The van der Waals surface area contributed by atoms with Crippen molar-refractivity contribution in [2.75, 3.05) is 0 Å². The average molecular weight is 308 g/mol. The molecule has 0 saturated heterocycles. The molecule has 6 heteroatoms. The molecule has 1 atom stereocenters. The first kappa shape index (κ1) is 14.8. The smallest absolute Gasteiger partial charge is 0.272 e. The third-order valence-electron chi connectivity index (χ3n) is 3.31. The summed E-state index contributed by atoms with van der Waals surface area (Å²) in [6.07, 6.45) is 3.30. The summed E-state index contributed by atoms with van der Waals surface area (Å²) < 4.78 is 5.64. The molecule has 116 valence electrons. The lowest BCUT2D eigenvalue weighted by molar-refractivity contribution is 0.0935. The van der Waals surface area contributed by atoms with Crippen LogP contribution in [0.5, 0.6) is 11.6 Å². The van der Waals surface area contributed by atoms with Crippen molar-refractivity contribution in [3.8, 4) is 11.6 Å². The van der Waals surface area contributed by atoms with E-state index in [0.29, 0.717) is 11.6 Å². The largest absolute Gasteiger partial charge is 0.439 e. The molecule has 1 aromatic carbocycles. The van der Waals surface area contributed by atoms with Crippen LogP contribution in [0.4, 0.5) is 0 Å². The molecule has 3 aromatic rings. The molecule has 0 aliphatic carbocycles. The van der Waals surface area contributed by atoms with E-state index in [4.69, 9.17) is 4.74 Å². The van der Waals surface area contributed by atoms with Crippen molar-refractivity contribution < 1.29 is 9.53 Å². The van der Waals surface area contributed by atoms with Gasteiger partial charge < -0.3 is 10.1 Å². The lowest BCUT2D eigenvalue weighted by Crippen LogP contribution is -2.27. The average Bonchev–Trinajstić information content (AvgIpc) is 3.11. The molecule has 0 radical (unpaired) electrons. The highest BCUT2D eigenvalue weighted by Crippen LogP contribution is 2.20. The molecule has 0 spiro atoms. The van der Waals surface area contributed by atoms with E-state index in [1.807, 2.05) is 43.3 Å². The molecule has 1 unspecified atom stereocenters. The minimum absolute atomic E-state index is 0.183. The SMILES string of the molecule is CC(NC(=O)c1cc[nH]n1)c1ccc(Oc2ccccc2)nc1. The van der Waals surface area contributed by atoms with Crippen LogP contribution in [0.15, 0.2) is 60.9 Å². The van der Waals surface area contributed by atoms with Crippen molar-refractivity contribution in [3.63, 3.8) is 0 Å². The maximum Gasteiger partial charge on any atom is 0.272 e. The van der Waals surface area contributed by atoms with E-state index < -0.39 is 0 Å². The molecule has 0 fully saturated rings. The van der Waals surface area contributed by atoms with Gasteiger partial charge in [0.1, 0.15) is 11.4 Å². The van der Waals surface area contributed by atoms with Crippen LogP contribution in [0.1, 0.15) is 29.0 Å². The zero-order chi connectivity index (χ0) is 16.1. The standard InChI is InChI=1S/C17H16N4O2/c1-12(20-17(22)15-9-10-19-21-15)13-7-8-16(18-11-13)23-14-5-3-2-4-6-14/h2-12H,1H3,(H,19,21)(H,20,22). The molecule has 6 nitrogen and oxygen atoms in total. The summed E-state index contributed by atoms with van der Waals surface area (Å²) in [7, 11) is 0. The number of para-hydroxylation sites is 1. The van der Waals surface area contributed by atoms with Crippen molar-refractivity contribution in [3.05, 3.63) is 72.2 Å². The maximum absolute atomic E-state index is 12.0.